The highest BCUT2D eigenvalue weighted by molar-refractivity contribution is 5.91. The molecule has 0 fully saturated rings. The third-order valence-corrected chi connectivity index (χ3v) is 5.24. The van der Waals surface area contributed by atoms with Gasteiger partial charge in [-0.3, -0.25) is 0 Å². The van der Waals surface area contributed by atoms with Gasteiger partial charge in [-0.15, -0.1) is 0 Å². The smallest absolute Gasteiger partial charge is 0.343 e. The molecular formula is C26H22N2O5. The SMILES string of the molecule is CCOc1ccccc1C1C(C#N)=C(N)Oc2cc(OC(=O)c3cccc(OC)c3)ccc21. The molecule has 7 nitrogen and oxygen atoms in total. The number of benzene rings is 3. The Morgan fingerprint density at radius 3 is 2.64 bits per heavy atom. The minimum Gasteiger partial charge on any atom is -0.497 e. The molecule has 1 aliphatic rings. The molecule has 0 spiro atoms. The van der Waals surface area contributed by atoms with E-state index in [9.17, 15) is 10.1 Å². The van der Waals surface area contributed by atoms with Gasteiger partial charge in [0.15, 0.2) is 0 Å². The zero-order valence-corrected chi connectivity index (χ0v) is 18.2. The maximum atomic E-state index is 12.6. The highest BCUT2D eigenvalue weighted by Gasteiger charge is 2.33. The van der Waals surface area contributed by atoms with E-state index in [0.29, 0.717) is 35.0 Å². The molecule has 3 aromatic carbocycles. The maximum Gasteiger partial charge on any atom is 0.343 e. The van der Waals surface area contributed by atoms with Crippen LogP contribution < -0.4 is 24.7 Å². The molecule has 0 bridgehead atoms. The van der Waals surface area contributed by atoms with Gasteiger partial charge in [0.25, 0.3) is 0 Å². The van der Waals surface area contributed by atoms with Crippen molar-refractivity contribution in [2.24, 2.45) is 5.73 Å². The molecule has 7 heteroatoms. The number of nitrogens with two attached hydrogens (primary N) is 1. The van der Waals surface area contributed by atoms with Gasteiger partial charge in [-0.1, -0.05) is 30.3 Å². The van der Waals surface area contributed by atoms with E-state index in [-0.39, 0.29) is 17.2 Å². The minimum absolute atomic E-state index is 0.00225. The van der Waals surface area contributed by atoms with Crippen molar-refractivity contribution in [1.82, 2.24) is 0 Å². The molecule has 1 heterocycles. The third kappa shape index (κ3) is 4.32. The molecule has 1 aliphatic heterocycles. The highest BCUT2D eigenvalue weighted by atomic mass is 16.5. The maximum absolute atomic E-state index is 12.6. The van der Waals surface area contributed by atoms with Crippen molar-refractivity contribution in [3.63, 3.8) is 0 Å². The van der Waals surface area contributed by atoms with Crippen molar-refractivity contribution < 1.29 is 23.7 Å². The number of carbonyl (C=O) groups is 1. The van der Waals surface area contributed by atoms with E-state index in [0.717, 1.165) is 5.56 Å². The summed E-state index contributed by atoms with van der Waals surface area (Å²) >= 11 is 0. The number of ether oxygens (including phenoxy) is 4. The fourth-order valence-electron chi connectivity index (χ4n) is 3.74. The number of carbonyl (C=O) groups excluding carboxylic acids is 1. The summed E-state index contributed by atoms with van der Waals surface area (Å²) in [5.74, 6) is 0.875. The van der Waals surface area contributed by atoms with Gasteiger partial charge in [0.05, 0.1) is 25.2 Å². The van der Waals surface area contributed by atoms with Gasteiger partial charge >= 0.3 is 5.97 Å². The molecule has 0 saturated heterocycles. The Morgan fingerprint density at radius 1 is 1.06 bits per heavy atom. The highest BCUT2D eigenvalue weighted by Crippen LogP contribution is 2.45. The standard InChI is InChI=1S/C26H22N2O5/c1-3-31-22-10-5-4-9-19(22)24-20-12-11-18(14-23(20)33-25(28)21(24)15-27)32-26(29)16-7-6-8-17(13-16)30-2/h4-14,24H,3,28H2,1-2H3. The van der Waals surface area contributed by atoms with Crippen molar-refractivity contribution in [3.05, 3.63) is 94.9 Å². The van der Waals surface area contributed by atoms with Crippen LogP contribution in [0.2, 0.25) is 0 Å². The second kappa shape index (κ2) is 9.37. The fraction of sp³-hybridized carbons (Fsp3) is 0.154. The summed E-state index contributed by atoms with van der Waals surface area (Å²) in [6.07, 6.45) is 0. The summed E-state index contributed by atoms with van der Waals surface area (Å²) in [5, 5.41) is 9.79. The van der Waals surface area contributed by atoms with Crippen LogP contribution in [0.3, 0.4) is 0 Å². The summed E-state index contributed by atoms with van der Waals surface area (Å²) in [5.41, 5.74) is 8.25. The number of fused-ring (bicyclic) bond motifs is 1. The van der Waals surface area contributed by atoms with Crippen molar-refractivity contribution in [2.45, 2.75) is 12.8 Å². The summed E-state index contributed by atoms with van der Waals surface area (Å²) < 4.78 is 22.2. The number of hydrogen-bond acceptors (Lipinski definition) is 7. The van der Waals surface area contributed by atoms with Crippen LogP contribution in [0.4, 0.5) is 0 Å². The van der Waals surface area contributed by atoms with Gasteiger partial charge in [-0.05, 0) is 37.3 Å². The Kier molecular flexibility index (Phi) is 6.18. The molecular weight excluding hydrogens is 420 g/mol. The minimum atomic E-state index is -0.538. The van der Waals surface area contributed by atoms with Crippen LogP contribution in [-0.4, -0.2) is 19.7 Å². The monoisotopic (exact) mass is 442 g/mol. The third-order valence-electron chi connectivity index (χ3n) is 5.24. The largest absolute Gasteiger partial charge is 0.497 e. The molecule has 4 rings (SSSR count). The molecule has 3 aromatic rings. The van der Waals surface area contributed by atoms with Gasteiger partial charge in [-0.2, -0.15) is 5.26 Å². The van der Waals surface area contributed by atoms with Gasteiger partial charge in [0, 0.05) is 17.2 Å². The van der Waals surface area contributed by atoms with Gasteiger partial charge in [0.1, 0.15) is 34.6 Å². The predicted octanol–water partition coefficient (Wildman–Crippen LogP) is 4.53. The van der Waals surface area contributed by atoms with E-state index in [2.05, 4.69) is 6.07 Å². The number of allylic oxidation sites excluding steroid dienone is 1. The Balaban J connectivity index is 1.70. The molecule has 0 radical (unpaired) electrons. The van der Waals surface area contributed by atoms with E-state index < -0.39 is 11.9 Å². The van der Waals surface area contributed by atoms with Crippen LogP contribution in [-0.2, 0) is 0 Å². The zero-order valence-electron chi connectivity index (χ0n) is 18.2. The topological polar surface area (TPSA) is 104 Å². The average molecular weight is 442 g/mol. The van der Waals surface area contributed by atoms with E-state index in [1.165, 1.54) is 7.11 Å². The molecule has 0 aliphatic carbocycles. The van der Waals surface area contributed by atoms with Crippen LogP contribution in [0.5, 0.6) is 23.0 Å². The molecule has 0 aromatic heterocycles. The molecule has 33 heavy (non-hydrogen) atoms. The number of methoxy groups -OCH3 is 1. The fourth-order valence-corrected chi connectivity index (χ4v) is 3.74. The summed E-state index contributed by atoms with van der Waals surface area (Å²) in [6, 6.07) is 21.4. The predicted molar refractivity (Wildman–Crippen MR) is 121 cm³/mol. The Labute approximate surface area is 191 Å². The van der Waals surface area contributed by atoms with Crippen molar-refractivity contribution in [1.29, 1.82) is 5.26 Å². The van der Waals surface area contributed by atoms with Crippen LogP contribution in [0.15, 0.2) is 78.2 Å². The first-order valence-corrected chi connectivity index (χ1v) is 10.3. The summed E-state index contributed by atoms with van der Waals surface area (Å²) in [4.78, 5) is 12.6. The van der Waals surface area contributed by atoms with E-state index >= 15 is 0 Å². The van der Waals surface area contributed by atoms with Gasteiger partial charge in [0.2, 0.25) is 5.88 Å². The molecule has 0 saturated carbocycles. The van der Waals surface area contributed by atoms with Crippen LogP contribution in [0, 0.1) is 11.3 Å². The van der Waals surface area contributed by atoms with Crippen molar-refractivity contribution >= 4 is 5.97 Å². The second-order valence-electron chi connectivity index (χ2n) is 7.22. The van der Waals surface area contributed by atoms with Gasteiger partial charge < -0.3 is 24.7 Å². The lowest BCUT2D eigenvalue weighted by atomic mass is 9.83. The lowest BCUT2D eigenvalue weighted by molar-refractivity contribution is 0.0734. The normalized spacial score (nSPS) is 14.5. The molecule has 0 amide bonds. The Hall–Kier alpha value is -4.44. The first-order chi connectivity index (χ1) is 16.0. The number of para-hydroxylation sites is 1. The second-order valence-corrected chi connectivity index (χ2v) is 7.22. The summed E-state index contributed by atoms with van der Waals surface area (Å²) in [6.45, 7) is 2.38. The lowest BCUT2D eigenvalue weighted by Crippen LogP contribution is -2.21. The van der Waals surface area contributed by atoms with Crippen molar-refractivity contribution in [2.75, 3.05) is 13.7 Å². The van der Waals surface area contributed by atoms with E-state index in [1.54, 1.807) is 42.5 Å². The number of esters is 1. The Morgan fingerprint density at radius 2 is 1.88 bits per heavy atom. The number of hydrogen-bond donors (Lipinski definition) is 1. The quantitative estimate of drug-likeness (QED) is 0.442. The number of rotatable bonds is 6. The molecule has 1 unspecified atom stereocenters. The zero-order chi connectivity index (χ0) is 23.4. The first-order valence-electron chi connectivity index (χ1n) is 10.3. The molecule has 1 atom stereocenters. The van der Waals surface area contributed by atoms with Crippen LogP contribution >= 0.6 is 0 Å². The summed E-state index contributed by atoms with van der Waals surface area (Å²) in [7, 11) is 1.53. The van der Waals surface area contributed by atoms with E-state index in [4.69, 9.17) is 24.7 Å². The lowest BCUT2D eigenvalue weighted by Gasteiger charge is -2.27. The Bertz CT molecular complexity index is 1280. The van der Waals surface area contributed by atoms with E-state index in [1.807, 2.05) is 31.2 Å². The molecule has 166 valence electrons. The first kappa shape index (κ1) is 21.8. The number of nitrogens with zero attached hydrogens (tertiary/aromatic N) is 1. The average Bonchev–Trinajstić information content (AvgIpc) is 2.83. The van der Waals surface area contributed by atoms with Gasteiger partial charge in [-0.25, -0.2) is 4.79 Å². The number of nitriles is 1. The van der Waals surface area contributed by atoms with Crippen LogP contribution in [0.1, 0.15) is 34.3 Å². The van der Waals surface area contributed by atoms with Crippen LogP contribution in [0.25, 0.3) is 0 Å². The molecule has 2 N–H and O–H groups in total. The van der Waals surface area contributed by atoms with Crippen molar-refractivity contribution in [3.8, 4) is 29.1 Å².